The van der Waals surface area contributed by atoms with Gasteiger partial charge >= 0.3 is 0 Å². The second-order valence-corrected chi connectivity index (χ2v) is 6.94. The zero-order valence-corrected chi connectivity index (χ0v) is 16.1. The molecule has 0 saturated heterocycles. The molecular weight excluding hydrogens is 372 g/mol. The van der Waals surface area contributed by atoms with E-state index in [1.54, 1.807) is 6.20 Å². The lowest BCUT2D eigenvalue weighted by molar-refractivity contribution is -0.121. The van der Waals surface area contributed by atoms with Crippen LogP contribution in [0.5, 0.6) is 0 Å². The van der Waals surface area contributed by atoms with Crippen molar-refractivity contribution in [1.29, 1.82) is 0 Å². The molecule has 10 nitrogen and oxygen atoms in total. The Morgan fingerprint density at radius 3 is 2.76 bits per heavy atom. The molecular formula is C19H22N8O2. The van der Waals surface area contributed by atoms with Crippen molar-refractivity contribution in [1.82, 2.24) is 34.4 Å². The van der Waals surface area contributed by atoms with Gasteiger partial charge in [-0.1, -0.05) is 0 Å². The van der Waals surface area contributed by atoms with E-state index >= 15 is 0 Å². The Balaban J connectivity index is 1.25. The van der Waals surface area contributed by atoms with Crippen LogP contribution >= 0.6 is 0 Å². The first-order valence-corrected chi connectivity index (χ1v) is 9.49. The molecule has 29 heavy (non-hydrogen) atoms. The number of rotatable bonds is 8. The summed E-state index contributed by atoms with van der Waals surface area (Å²) in [7, 11) is 0. The molecule has 10 heteroatoms. The van der Waals surface area contributed by atoms with Crippen molar-refractivity contribution in [3.05, 3.63) is 59.1 Å². The number of hydrogen-bond acceptors (Lipinski definition) is 7. The second kappa shape index (κ2) is 8.21. The maximum atomic E-state index is 12.1. The van der Waals surface area contributed by atoms with E-state index in [1.807, 2.05) is 23.8 Å². The van der Waals surface area contributed by atoms with Crippen LogP contribution in [0, 0.1) is 6.92 Å². The van der Waals surface area contributed by atoms with Gasteiger partial charge in [-0.2, -0.15) is 0 Å². The molecule has 3 aromatic rings. The fourth-order valence-electron chi connectivity index (χ4n) is 2.96. The maximum absolute atomic E-state index is 12.1. The molecule has 1 fully saturated rings. The zero-order chi connectivity index (χ0) is 20.2. The summed E-state index contributed by atoms with van der Waals surface area (Å²) >= 11 is 0. The van der Waals surface area contributed by atoms with Crippen molar-refractivity contribution >= 4 is 11.7 Å². The summed E-state index contributed by atoms with van der Waals surface area (Å²) in [6.07, 6.45) is 8.63. The number of aromatic nitrogens is 6. The zero-order valence-electron chi connectivity index (χ0n) is 16.1. The maximum Gasteiger partial charge on any atom is 0.254 e. The first kappa shape index (κ1) is 18.8. The summed E-state index contributed by atoms with van der Waals surface area (Å²) in [6.45, 7) is 2.73. The van der Waals surface area contributed by atoms with Crippen molar-refractivity contribution in [2.24, 2.45) is 0 Å². The van der Waals surface area contributed by atoms with Gasteiger partial charge in [0.05, 0.1) is 12.0 Å². The van der Waals surface area contributed by atoms with Crippen LogP contribution in [0.25, 0.3) is 5.82 Å². The van der Waals surface area contributed by atoms with Crippen LogP contribution in [0.3, 0.4) is 0 Å². The molecule has 1 aliphatic rings. The molecule has 1 amide bonds. The number of nitrogens with one attached hydrogen (secondary N) is 2. The van der Waals surface area contributed by atoms with Crippen LogP contribution in [0.2, 0.25) is 0 Å². The van der Waals surface area contributed by atoms with Crippen molar-refractivity contribution in [3.63, 3.8) is 0 Å². The Kier molecular flexibility index (Phi) is 5.32. The highest BCUT2D eigenvalue weighted by molar-refractivity contribution is 5.75. The number of nitrogens with zero attached hydrogens (tertiary/aromatic N) is 6. The predicted molar refractivity (Wildman–Crippen MR) is 106 cm³/mol. The first-order chi connectivity index (χ1) is 14.1. The summed E-state index contributed by atoms with van der Waals surface area (Å²) in [5.41, 5.74) is 0.629. The average Bonchev–Trinajstić information content (AvgIpc) is 3.48. The number of imidazole rings is 1. The number of carbonyl (C=O) groups excluding carboxylic acids is 1. The van der Waals surface area contributed by atoms with Gasteiger partial charge in [0.25, 0.3) is 5.56 Å². The molecule has 0 atom stereocenters. The Morgan fingerprint density at radius 2 is 2.03 bits per heavy atom. The van der Waals surface area contributed by atoms with E-state index in [0.29, 0.717) is 30.6 Å². The minimum absolute atomic E-state index is 0.0473. The second-order valence-electron chi connectivity index (χ2n) is 6.94. The molecule has 0 radical (unpaired) electrons. The Bertz CT molecular complexity index is 1070. The van der Waals surface area contributed by atoms with Crippen molar-refractivity contribution in [2.45, 2.75) is 32.2 Å². The van der Waals surface area contributed by atoms with Crippen LogP contribution in [0.4, 0.5) is 5.82 Å². The van der Waals surface area contributed by atoms with Gasteiger partial charge in [0.1, 0.15) is 30.3 Å². The Hall–Kier alpha value is -3.56. The molecule has 0 spiro atoms. The molecule has 1 aliphatic carbocycles. The Labute approximate surface area is 167 Å². The van der Waals surface area contributed by atoms with Crippen LogP contribution in [-0.2, 0) is 11.3 Å². The lowest BCUT2D eigenvalue weighted by Crippen LogP contribution is -2.34. The molecule has 1 saturated carbocycles. The molecule has 2 N–H and O–H groups in total. The normalized spacial score (nSPS) is 13.3. The molecule has 0 aromatic carbocycles. The van der Waals surface area contributed by atoms with E-state index in [1.165, 1.54) is 23.3 Å². The average molecular weight is 394 g/mol. The van der Waals surface area contributed by atoms with Crippen molar-refractivity contribution in [2.75, 3.05) is 18.4 Å². The third-order valence-corrected chi connectivity index (χ3v) is 4.69. The van der Waals surface area contributed by atoms with Gasteiger partial charge in [0.2, 0.25) is 5.91 Å². The van der Waals surface area contributed by atoms with Gasteiger partial charge in [-0.15, -0.1) is 0 Å². The van der Waals surface area contributed by atoms with E-state index in [0.717, 1.165) is 24.4 Å². The summed E-state index contributed by atoms with van der Waals surface area (Å²) in [4.78, 5) is 41.1. The number of aryl methyl sites for hydroxylation is 1. The first-order valence-electron chi connectivity index (χ1n) is 9.49. The molecule has 4 rings (SSSR count). The summed E-state index contributed by atoms with van der Waals surface area (Å²) in [5.74, 6) is 2.36. The van der Waals surface area contributed by atoms with Crippen LogP contribution in [-0.4, -0.2) is 48.1 Å². The van der Waals surface area contributed by atoms with E-state index in [2.05, 4.69) is 30.6 Å². The number of carbonyl (C=O) groups is 1. The molecule has 0 bridgehead atoms. The largest absolute Gasteiger partial charge is 0.368 e. The van der Waals surface area contributed by atoms with Crippen molar-refractivity contribution in [3.8, 4) is 5.82 Å². The molecule has 0 aliphatic heterocycles. The monoisotopic (exact) mass is 394 g/mol. The molecule has 0 unspecified atom stereocenters. The fourth-order valence-corrected chi connectivity index (χ4v) is 2.96. The summed E-state index contributed by atoms with van der Waals surface area (Å²) in [5, 5.41) is 5.93. The van der Waals surface area contributed by atoms with E-state index in [4.69, 9.17) is 0 Å². The number of hydrogen-bond donors (Lipinski definition) is 2. The minimum Gasteiger partial charge on any atom is -0.368 e. The van der Waals surface area contributed by atoms with Crippen molar-refractivity contribution < 1.29 is 4.79 Å². The van der Waals surface area contributed by atoms with E-state index in [9.17, 15) is 9.59 Å². The highest BCUT2D eigenvalue weighted by atomic mass is 16.2. The predicted octanol–water partition coefficient (Wildman–Crippen LogP) is 0.633. The highest BCUT2D eigenvalue weighted by Crippen LogP contribution is 2.38. The van der Waals surface area contributed by atoms with Crippen LogP contribution in [0.1, 0.15) is 30.3 Å². The lowest BCUT2D eigenvalue weighted by Gasteiger charge is -2.10. The number of amides is 1. The standard InChI is InChI=1S/C19H22N8O2/c1-13-20-6-7-27(13)17-9-16(23-11-24-17)21-4-5-22-18(28)10-26-12-25-15(8-19(26)29)14-2-3-14/h6-9,11-12,14H,2-5,10H2,1H3,(H,22,28)(H,21,23,24). The van der Waals surface area contributed by atoms with E-state index in [-0.39, 0.29) is 18.0 Å². The third kappa shape index (κ3) is 4.65. The Morgan fingerprint density at radius 1 is 1.17 bits per heavy atom. The fraction of sp³-hybridized carbons (Fsp3) is 0.368. The molecule has 3 heterocycles. The smallest absolute Gasteiger partial charge is 0.254 e. The molecule has 3 aromatic heterocycles. The van der Waals surface area contributed by atoms with Gasteiger partial charge < -0.3 is 10.6 Å². The van der Waals surface area contributed by atoms with Gasteiger partial charge in [0, 0.05) is 43.5 Å². The summed E-state index contributed by atoms with van der Waals surface area (Å²) in [6, 6.07) is 3.34. The topological polar surface area (TPSA) is 120 Å². The SMILES string of the molecule is Cc1nccn1-c1cc(NCCNC(=O)Cn2cnc(C3CC3)cc2=O)ncn1. The lowest BCUT2D eigenvalue weighted by atomic mass is 10.3. The van der Waals surface area contributed by atoms with Crippen LogP contribution < -0.4 is 16.2 Å². The minimum atomic E-state index is -0.243. The quantitative estimate of drug-likeness (QED) is 0.538. The highest BCUT2D eigenvalue weighted by Gasteiger charge is 2.25. The van der Waals surface area contributed by atoms with E-state index < -0.39 is 0 Å². The molecule has 150 valence electrons. The van der Waals surface area contributed by atoms with Gasteiger partial charge in [0.15, 0.2) is 0 Å². The third-order valence-electron chi connectivity index (χ3n) is 4.69. The van der Waals surface area contributed by atoms with Gasteiger partial charge in [-0.3, -0.25) is 18.7 Å². The number of anilines is 1. The van der Waals surface area contributed by atoms with Gasteiger partial charge in [-0.05, 0) is 19.8 Å². The van der Waals surface area contributed by atoms with Gasteiger partial charge in [-0.25, -0.2) is 19.9 Å². The van der Waals surface area contributed by atoms with Crippen LogP contribution in [0.15, 0.2) is 42.0 Å². The summed E-state index contributed by atoms with van der Waals surface area (Å²) < 4.78 is 3.17.